The van der Waals surface area contributed by atoms with Gasteiger partial charge in [-0.25, -0.2) is 19.9 Å². The van der Waals surface area contributed by atoms with Gasteiger partial charge in [0.1, 0.15) is 17.8 Å². The highest BCUT2D eigenvalue weighted by Crippen LogP contribution is 2.30. The Balaban J connectivity index is 1.23. The van der Waals surface area contributed by atoms with Crippen molar-refractivity contribution in [3.63, 3.8) is 0 Å². The van der Waals surface area contributed by atoms with Gasteiger partial charge in [-0.05, 0) is 42.9 Å². The van der Waals surface area contributed by atoms with Crippen molar-refractivity contribution in [2.45, 2.75) is 0 Å². The van der Waals surface area contributed by atoms with Crippen molar-refractivity contribution < 1.29 is 4.79 Å². The van der Waals surface area contributed by atoms with Gasteiger partial charge in [-0.2, -0.15) is 0 Å². The van der Waals surface area contributed by atoms with Gasteiger partial charge in [0.05, 0.1) is 23.0 Å². The number of carbonyl (C=O) groups excluding carboxylic acids is 1. The molecule has 4 aromatic heterocycles. The van der Waals surface area contributed by atoms with Gasteiger partial charge >= 0.3 is 0 Å². The first-order valence-corrected chi connectivity index (χ1v) is 11.5. The maximum Gasteiger partial charge on any atom is 0.257 e. The van der Waals surface area contributed by atoms with E-state index in [4.69, 9.17) is 0 Å². The lowest BCUT2D eigenvalue weighted by Gasteiger charge is -2.33. The predicted molar refractivity (Wildman–Crippen MR) is 137 cm³/mol. The lowest BCUT2D eigenvalue weighted by Crippen LogP contribution is -2.44. The summed E-state index contributed by atoms with van der Waals surface area (Å²) in [6.45, 7) is 3.93. The van der Waals surface area contributed by atoms with Gasteiger partial charge in [0.25, 0.3) is 5.91 Å². The molecule has 0 unspecified atom stereocenters. The van der Waals surface area contributed by atoms with E-state index in [9.17, 15) is 4.79 Å². The molecule has 1 aromatic carbocycles. The van der Waals surface area contributed by atoms with Crippen LogP contribution >= 0.6 is 0 Å². The largest absolute Gasteiger partial charge is 0.354 e. The van der Waals surface area contributed by atoms with Crippen LogP contribution in [0.1, 0.15) is 10.4 Å². The van der Waals surface area contributed by atoms with Crippen molar-refractivity contribution in [1.29, 1.82) is 0 Å². The molecule has 1 fully saturated rings. The minimum atomic E-state index is -0.229. The van der Waals surface area contributed by atoms with Gasteiger partial charge in [-0.15, -0.1) is 0 Å². The fourth-order valence-corrected chi connectivity index (χ4v) is 4.40. The van der Waals surface area contributed by atoms with E-state index in [1.54, 1.807) is 18.6 Å². The van der Waals surface area contributed by atoms with Gasteiger partial charge in [0.15, 0.2) is 0 Å². The maximum absolute atomic E-state index is 13.0. The summed E-state index contributed by atoms with van der Waals surface area (Å²) >= 11 is 0. The number of aromatic nitrogens is 5. The highest BCUT2D eigenvalue weighted by Gasteiger charge is 2.16. The molecule has 174 valence electrons. The van der Waals surface area contributed by atoms with Crippen molar-refractivity contribution in [3.8, 4) is 11.1 Å². The van der Waals surface area contributed by atoms with Crippen LogP contribution in [0.4, 0.5) is 11.5 Å². The SMILES string of the molecule is CN1CCN(c2ccc(NC(=O)c3cnc4[nH]cc(-c5ccc6ncncc6c5)c4c3)cn2)CC1. The molecule has 35 heavy (non-hydrogen) atoms. The number of rotatable bonds is 4. The minimum absolute atomic E-state index is 0.229. The van der Waals surface area contributed by atoms with E-state index in [1.807, 2.05) is 42.6 Å². The van der Waals surface area contributed by atoms with Crippen molar-refractivity contribution in [2.24, 2.45) is 0 Å². The van der Waals surface area contributed by atoms with Crippen molar-refractivity contribution in [2.75, 3.05) is 43.4 Å². The summed E-state index contributed by atoms with van der Waals surface area (Å²) in [6.07, 6.45) is 8.53. The number of pyridine rings is 2. The lowest BCUT2D eigenvalue weighted by atomic mass is 10.0. The third kappa shape index (κ3) is 4.17. The van der Waals surface area contributed by atoms with Crippen molar-refractivity contribution in [1.82, 2.24) is 29.8 Å². The number of hydrogen-bond donors (Lipinski definition) is 2. The Labute approximate surface area is 201 Å². The highest BCUT2D eigenvalue weighted by atomic mass is 16.1. The smallest absolute Gasteiger partial charge is 0.257 e. The van der Waals surface area contributed by atoms with E-state index in [2.05, 4.69) is 47.1 Å². The number of nitrogens with one attached hydrogen (secondary N) is 2. The van der Waals surface area contributed by atoms with E-state index in [0.717, 1.165) is 65.1 Å². The number of amides is 1. The third-order valence-corrected chi connectivity index (χ3v) is 6.44. The van der Waals surface area contributed by atoms with Crippen LogP contribution in [0.25, 0.3) is 33.1 Å². The summed E-state index contributed by atoms with van der Waals surface area (Å²) < 4.78 is 0. The van der Waals surface area contributed by atoms with Gasteiger partial charge < -0.3 is 20.1 Å². The Morgan fingerprint density at radius 2 is 1.86 bits per heavy atom. The second-order valence-corrected chi connectivity index (χ2v) is 8.77. The van der Waals surface area contributed by atoms with E-state index >= 15 is 0 Å². The maximum atomic E-state index is 13.0. The first-order valence-electron chi connectivity index (χ1n) is 11.5. The summed E-state index contributed by atoms with van der Waals surface area (Å²) in [5.41, 5.74) is 4.70. The Morgan fingerprint density at radius 1 is 0.971 bits per heavy atom. The number of likely N-dealkylation sites (N-methyl/N-ethyl adjacent to an activating group) is 1. The summed E-state index contributed by atoms with van der Waals surface area (Å²) in [7, 11) is 2.13. The van der Waals surface area contributed by atoms with Crippen LogP contribution < -0.4 is 10.2 Å². The van der Waals surface area contributed by atoms with Gasteiger partial charge in [-0.3, -0.25) is 4.79 Å². The quantitative estimate of drug-likeness (QED) is 0.419. The van der Waals surface area contributed by atoms with Gasteiger partial charge in [-0.1, -0.05) is 6.07 Å². The van der Waals surface area contributed by atoms with Crippen molar-refractivity contribution in [3.05, 3.63) is 73.1 Å². The number of fused-ring (bicyclic) bond motifs is 2. The summed E-state index contributed by atoms with van der Waals surface area (Å²) in [5.74, 6) is 0.699. The molecule has 1 saturated heterocycles. The zero-order valence-corrected chi connectivity index (χ0v) is 19.3. The average molecular weight is 465 g/mol. The molecule has 1 aliphatic heterocycles. The summed E-state index contributed by atoms with van der Waals surface area (Å²) in [4.78, 5) is 38.2. The Morgan fingerprint density at radius 3 is 2.69 bits per heavy atom. The number of anilines is 2. The number of piperazine rings is 1. The lowest BCUT2D eigenvalue weighted by molar-refractivity contribution is 0.102. The number of benzene rings is 1. The number of H-pyrrole nitrogens is 1. The highest BCUT2D eigenvalue weighted by molar-refractivity contribution is 6.07. The topological polar surface area (TPSA) is 103 Å². The first-order chi connectivity index (χ1) is 17.1. The molecular formula is C26H24N8O. The number of carbonyl (C=O) groups is 1. The molecule has 0 radical (unpaired) electrons. The molecule has 0 bridgehead atoms. The molecule has 9 heteroatoms. The monoisotopic (exact) mass is 464 g/mol. The molecule has 5 heterocycles. The van der Waals surface area contributed by atoms with Crippen LogP contribution in [0.5, 0.6) is 0 Å². The fourth-order valence-electron chi connectivity index (χ4n) is 4.40. The third-order valence-electron chi connectivity index (χ3n) is 6.44. The molecule has 0 aliphatic carbocycles. The van der Waals surface area contributed by atoms with E-state index in [1.165, 1.54) is 6.33 Å². The van der Waals surface area contributed by atoms with Crippen LogP contribution in [0.15, 0.2) is 67.5 Å². The molecule has 0 atom stereocenters. The predicted octanol–water partition coefficient (Wildman–Crippen LogP) is 3.57. The van der Waals surface area contributed by atoms with E-state index in [-0.39, 0.29) is 5.91 Å². The second-order valence-electron chi connectivity index (χ2n) is 8.77. The first kappa shape index (κ1) is 21.2. The van der Waals surface area contributed by atoms with E-state index < -0.39 is 0 Å². The number of aromatic amines is 1. The molecule has 5 aromatic rings. The molecule has 0 spiro atoms. The Bertz CT molecular complexity index is 1520. The Hall–Kier alpha value is -4.37. The molecule has 0 saturated carbocycles. The molecule has 9 nitrogen and oxygen atoms in total. The average Bonchev–Trinajstić information content (AvgIpc) is 3.33. The second kappa shape index (κ2) is 8.77. The Kier molecular flexibility index (Phi) is 5.31. The van der Waals surface area contributed by atoms with Crippen LogP contribution in [0.2, 0.25) is 0 Å². The van der Waals surface area contributed by atoms with Gasteiger partial charge in [0.2, 0.25) is 0 Å². The summed E-state index contributed by atoms with van der Waals surface area (Å²) in [5, 5.41) is 4.77. The zero-order valence-electron chi connectivity index (χ0n) is 19.3. The molecule has 1 aliphatic rings. The number of nitrogens with zero attached hydrogens (tertiary/aromatic N) is 6. The van der Waals surface area contributed by atoms with Gasteiger partial charge in [0, 0.05) is 61.1 Å². The van der Waals surface area contributed by atoms with E-state index in [0.29, 0.717) is 11.3 Å². The van der Waals surface area contributed by atoms with Crippen LogP contribution in [-0.2, 0) is 0 Å². The molecular weight excluding hydrogens is 440 g/mol. The minimum Gasteiger partial charge on any atom is -0.354 e. The normalized spacial score (nSPS) is 14.5. The van der Waals surface area contributed by atoms with Crippen LogP contribution in [0.3, 0.4) is 0 Å². The molecule has 1 amide bonds. The van der Waals surface area contributed by atoms with Crippen LogP contribution in [-0.4, -0.2) is 69.0 Å². The number of hydrogen-bond acceptors (Lipinski definition) is 7. The molecule has 6 rings (SSSR count). The zero-order chi connectivity index (χ0) is 23.8. The summed E-state index contributed by atoms with van der Waals surface area (Å²) in [6, 6.07) is 11.7. The van der Waals surface area contributed by atoms with Crippen LogP contribution in [0, 0.1) is 0 Å². The molecule has 2 N–H and O–H groups in total. The fraction of sp³-hybridized carbons (Fsp3) is 0.192. The van der Waals surface area contributed by atoms with Crippen molar-refractivity contribution >= 4 is 39.3 Å². The standard InChI is InChI=1S/C26H24N8O/c1-33-6-8-34(9-7-33)24-5-3-20(14-28-24)32-26(35)19-11-21-22(15-30-25(21)29-13-19)17-2-4-23-18(10-17)12-27-16-31-23/h2-5,10-16H,6-9H2,1H3,(H,29,30)(H,32,35).